The average Bonchev–Trinajstić information content (AvgIpc) is 2.09. The van der Waals surface area contributed by atoms with E-state index in [4.69, 9.17) is 5.11 Å². The molecule has 0 saturated carbocycles. The molecule has 1 nitrogen and oxygen atoms in total. The summed E-state index contributed by atoms with van der Waals surface area (Å²) in [5.74, 6) is -1.32. The van der Waals surface area contributed by atoms with Crippen LogP contribution in [0.2, 0.25) is 0 Å². The average molecular weight is 200 g/mol. The first-order chi connectivity index (χ1) is 6.56. The van der Waals surface area contributed by atoms with E-state index in [1.54, 1.807) is 0 Å². The van der Waals surface area contributed by atoms with Gasteiger partial charge in [-0.05, 0) is 17.5 Å². The van der Waals surface area contributed by atoms with Crippen molar-refractivity contribution < 1.29 is 13.9 Å². The van der Waals surface area contributed by atoms with Crippen molar-refractivity contribution >= 4 is 0 Å². The van der Waals surface area contributed by atoms with E-state index in [0.29, 0.717) is 5.56 Å². The zero-order valence-electron chi connectivity index (χ0n) is 8.30. The van der Waals surface area contributed by atoms with Gasteiger partial charge in [-0.15, -0.1) is 0 Å². The van der Waals surface area contributed by atoms with E-state index >= 15 is 0 Å². The number of hydrogen-bond acceptors (Lipinski definition) is 1. The number of aliphatic hydroxyl groups excluding tert-OH is 1. The number of hydrogen-bond donors (Lipinski definition) is 1. The largest absolute Gasteiger partial charge is 0.396 e. The van der Waals surface area contributed by atoms with E-state index < -0.39 is 11.6 Å². The summed E-state index contributed by atoms with van der Waals surface area (Å²) in [6.07, 6.45) is 0. The lowest BCUT2D eigenvalue weighted by molar-refractivity contribution is 0.234. The molecule has 1 unspecified atom stereocenters. The topological polar surface area (TPSA) is 20.2 Å². The minimum atomic E-state index is -0.591. The van der Waals surface area contributed by atoms with Crippen molar-refractivity contribution in [3.63, 3.8) is 0 Å². The minimum absolute atomic E-state index is 0.125. The van der Waals surface area contributed by atoms with Crippen LogP contribution in [0, 0.1) is 17.6 Å². The van der Waals surface area contributed by atoms with Crippen LogP contribution in [0.5, 0.6) is 0 Å². The highest BCUT2D eigenvalue weighted by molar-refractivity contribution is 5.23. The first kappa shape index (κ1) is 11.1. The Kier molecular flexibility index (Phi) is 3.58. The summed E-state index contributed by atoms with van der Waals surface area (Å²) in [7, 11) is 0. The fraction of sp³-hybridized carbons (Fsp3) is 0.455. The Hall–Kier alpha value is -0.960. The third kappa shape index (κ3) is 2.29. The SMILES string of the molecule is CC(C)C(CO)c1ccc(F)cc1F. The third-order valence-electron chi connectivity index (χ3n) is 2.36. The highest BCUT2D eigenvalue weighted by atomic mass is 19.1. The number of halogens is 2. The molecule has 0 aliphatic rings. The molecule has 78 valence electrons. The molecule has 1 aromatic carbocycles. The van der Waals surface area contributed by atoms with Gasteiger partial charge in [-0.2, -0.15) is 0 Å². The van der Waals surface area contributed by atoms with Gasteiger partial charge in [-0.25, -0.2) is 8.78 Å². The fourth-order valence-electron chi connectivity index (χ4n) is 1.47. The molecule has 0 aliphatic heterocycles. The maximum atomic E-state index is 13.3. The van der Waals surface area contributed by atoms with Crippen molar-refractivity contribution in [1.82, 2.24) is 0 Å². The minimum Gasteiger partial charge on any atom is -0.396 e. The molecule has 0 aliphatic carbocycles. The van der Waals surface area contributed by atoms with Gasteiger partial charge in [0, 0.05) is 12.0 Å². The summed E-state index contributed by atoms with van der Waals surface area (Å²) in [4.78, 5) is 0. The van der Waals surface area contributed by atoms with Gasteiger partial charge >= 0.3 is 0 Å². The maximum absolute atomic E-state index is 13.3. The quantitative estimate of drug-likeness (QED) is 0.795. The summed E-state index contributed by atoms with van der Waals surface area (Å²) in [6, 6.07) is 3.45. The van der Waals surface area contributed by atoms with Gasteiger partial charge in [0.15, 0.2) is 0 Å². The molecule has 1 N–H and O–H groups in total. The molecule has 0 bridgehead atoms. The van der Waals surface area contributed by atoms with Crippen LogP contribution < -0.4 is 0 Å². The van der Waals surface area contributed by atoms with E-state index in [9.17, 15) is 8.78 Å². The highest BCUT2D eigenvalue weighted by Gasteiger charge is 2.18. The van der Waals surface area contributed by atoms with Crippen LogP contribution in [0.15, 0.2) is 18.2 Å². The molecule has 0 radical (unpaired) electrons. The molecule has 1 aromatic rings. The van der Waals surface area contributed by atoms with Gasteiger partial charge in [-0.3, -0.25) is 0 Å². The van der Waals surface area contributed by atoms with E-state index in [1.807, 2.05) is 13.8 Å². The summed E-state index contributed by atoms with van der Waals surface area (Å²) < 4.78 is 25.9. The molecule has 0 amide bonds. The van der Waals surface area contributed by atoms with Crippen LogP contribution in [0.4, 0.5) is 8.78 Å². The lowest BCUT2D eigenvalue weighted by Crippen LogP contribution is -2.13. The molecular formula is C11H14F2O. The Labute approximate surface area is 82.4 Å². The van der Waals surface area contributed by atoms with Crippen molar-refractivity contribution in [2.45, 2.75) is 19.8 Å². The summed E-state index contributed by atoms with van der Waals surface area (Å²) in [6.45, 7) is 3.66. The Bertz CT molecular complexity index is 310. The standard InChI is InChI=1S/C11H14F2O/c1-7(2)10(6-14)9-4-3-8(12)5-11(9)13/h3-5,7,10,14H,6H2,1-2H3. The second kappa shape index (κ2) is 4.51. The Morgan fingerprint density at radius 3 is 2.36 bits per heavy atom. The first-order valence-corrected chi connectivity index (χ1v) is 4.62. The molecule has 1 atom stereocenters. The van der Waals surface area contributed by atoms with Gasteiger partial charge in [0.25, 0.3) is 0 Å². The predicted molar refractivity (Wildman–Crippen MR) is 51.0 cm³/mol. The van der Waals surface area contributed by atoms with Crippen LogP contribution in [0.25, 0.3) is 0 Å². The molecular weight excluding hydrogens is 186 g/mol. The Morgan fingerprint density at radius 2 is 1.93 bits per heavy atom. The molecule has 0 fully saturated rings. The normalized spacial score (nSPS) is 13.3. The van der Waals surface area contributed by atoms with Gasteiger partial charge in [0.1, 0.15) is 11.6 Å². The molecule has 0 heterocycles. The summed E-state index contributed by atoms with van der Waals surface area (Å²) >= 11 is 0. The second-order valence-corrected chi connectivity index (χ2v) is 3.70. The van der Waals surface area contributed by atoms with E-state index in [1.165, 1.54) is 12.1 Å². The van der Waals surface area contributed by atoms with Gasteiger partial charge in [0.2, 0.25) is 0 Å². The number of benzene rings is 1. The van der Waals surface area contributed by atoms with E-state index in [0.717, 1.165) is 6.07 Å². The lowest BCUT2D eigenvalue weighted by Gasteiger charge is -2.19. The molecule has 14 heavy (non-hydrogen) atoms. The van der Waals surface area contributed by atoms with Crippen molar-refractivity contribution in [2.75, 3.05) is 6.61 Å². The zero-order chi connectivity index (χ0) is 10.7. The van der Waals surface area contributed by atoms with Crippen LogP contribution in [-0.2, 0) is 0 Å². The third-order valence-corrected chi connectivity index (χ3v) is 2.36. The van der Waals surface area contributed by atoms with Gasteiger partial charge < -0.3 is 5.11 Å². The molecule has 0 aromatic heterocycles. The van der Waals surface area contributed by atoms with Crippen LogP contribution in [0.1, 0.15) is 25.3 Å². The predicted octanol–water partition coefficient (Wildman–Crippen LogP) is 2.70. The fourth-order valence-corrected chi connectivity index (χ4v) is 1.47. The summed E-state index contributed by atoms with van der Waals surface area (Å²) in [5.41, 5.74) is 0.379. The monoisotopic (exact) mass is 200 g/mol. The van der Waals surface area contributed by atoms with Crippen molar-refractivity contribution in [1.29, 1.82) is 0 Å². The van der Waals surface area contributed by atoms with Crippen LogP contribution >= 0.6 is 0 Å². The first-order valence-electron chi connectivity index (χ1n) is 4.62. The molecule has 0 spiro atoms. The number of aliphatic hydroxyl groups is 1. The molecule has 0 saturated heterocycles. The highest BCUT2D eigenvalue weighted by Crippen LogP contribution is 2.26. The Balaban J connectivity index is 3.04. The van der Waals surface area contributed by atoms with Gasteiger partial charge in [0.05, 0.1) is 6.61 Å². The van der Waals surface area contributed by atoms with E-state index in [-0.39, 0.29) is 18.4 Å². The Morgan fingerprint density at radius 1 is 1.29 bits per heavy atom. The summed E-state index contributed by atoms with van der Waals surface area (Å²) in [5, 5.41) is 9.08. The molecule has 3 heteroatoms. The van der Waals surface area contributed by atoms with Crippen molar-refractivity contribution in [3.8, 4) is 0 Å². The van der Waals surface area contributed by atoms with Gasteiger partial charge in [-0.1, -0.05) is 19.9 Å². The smallest absolute Gasteiger partial charge is 0.129 e. The van der Waals surface area contributed by atoms with Crippen molar-refractivity contribution in [2.24, 2.45) is 5.92 Å². The van der Waals surface area contributed by atoms with Crippen LogP contribution in [-0.4, -0.2) is 11.7 Å². The van der Waals surface area contributed by atoms with E-state index in [2.05, 4.69) is 0 Å². The second-order valence-electron chi connectivity index (χ2n) is 3.70. The van der Waals surface area contributed by atoms with Crippen molar-refractivity contribution in [3.05, 3.63) is 35.4 Å². The maximum Gasteiger partial charge on any atom is 0.129 e. The molecule has 1 rings (SSSR count). The van der Waals surface area contributed by atoms with Crippen LogP contribution in [0.3, 0.4) is 0 Å². The number of rotatable bonds is 3. The lowest BCUT2D eigenvalue weighted by atomic mass is 9.89. The zero-order valence-corrected chi connectivity index (χ0v) is 8.30.